The highest BCUT2D eigenvalue weighted by atomic mass is 31.2. The first-order valence-electron chi connectivity index (χ1n) is 7.49. The second kappa shape index (κ2) is 5.94. The molecule has 4 heterocycles. The topological polar surface area (TPSA) is 178 Å². The fraction of sp³-hybridized carbons (Fsp3) is 0.500. The van der Waals surface area contributed by atoms with Gasteiger partial charge in [0.15, 0.2) is 17.4 Å². The number of carbonyl (C=O) groups is 1. The number of ether oxygens (including phenoxy) is 1. The molecule has 4 N–H and O–H groups in total. The molecule has 0 aromatic carbocycles. The maximum atomic E-state index is 12.1. The van der Waals surface area contributed by atoms with E-state index >= 15 is 0 Å². The smallest absolute Gasteiger partial charge is 0.394 e. The van der Waals surface area contributed by atoms with Gasteiger partial charge < -0.3 is 14.7 Å². The van der Waals surface area contributed by atoms with Crippen LogP contribution in [-0.2, 0) is 23.1 Å². The summed E-state index contributed by atoms with van der Waals surface area (Å²) < 4.78 is 28.7. The standard InChI is InChI=1S/C12H14N5O8P/c1-4(19)14-12-15-9-6(10(20)16-12)13-3-17(9)11-8-7(5(2-18)23-11)24-26(21,22)25-8/h3,5,7-8,11,18H,2H2,1H3,(H,21,22)(H2,14,15,16,19,20)/t5-,7+,8?,11-/m1/s1. The number of hydrogen-bond donors (Lipinski definition) is 4. The van der Waals surface area contributed by atoms with Crippen molar-refractivity contribution >= 4 is 30.8 Å². The van der Waals surface area contributed by atoms with E-state index in [1.165, 1.54) is 17.8 Å². The number of phosphoric acid groups is 1. The molecule has 2 aromatic heterocycles. The van der Waals surface area contributed by atoms with E-state index in [2.05, 4.69) is 20.3 Å². The zero-order chi connectivity index (χ0) is 18.6. The lowest BCUT2D eigenvalue weighted by Gasteiger charge is -2.18. The molecular formula is C12H14N5O8P. The van der Waals surface area contributed by atoms with Crippen molar-refractivity contribution in [3.8, 4) is 0 Å². The van der Waals surface area contributed by atoms with E-state index in [4.69, 9.17) is 13.8 Å². The number of aromatic nitrogens is 4. The Balaban J connectivity index is 1.79. The van der Waals surface area contributed by atoms with Gasteiger partial charge in [-0.15, -0.1) is 0 Å². The van der Waals surface area contributed by atoms with Gasteiger partial charge in [0.2, 0.25) is 11.9 Å². The number of rotatable bonds is 3. The first kappa shape index (κ1) is 17.3. The summed E-state index contributed by atoms with van der Waals surface area (Å²) in [5.41, 5.74) is -0.567. The maximum absolute atomic E-state index is 12.1. The SMILES string of the molecule is CC(=O)Nc1nc2c(ncn2[C@@H]2O[C@H](CO)[C@@H]3OP(=O)(O)OC32)c(=O)[nH]1. The van der Waals surface area contributed by atoms with Crippen molar-refractivity contribution in [1.29, 1.82) is 0 Å². The number of nitrogens with zero attached hydrogens (tertiary/aromatic N) is 3. The van der Waals surface area contributed by atoms with Crippen LogP contribution in [0.5, 0.6) is 0 Å². The van der Waals surface area contributed by atoms with E-state index in [0.29, 0.717) is 0 Å². The Morgan fingerprint density at radius 1 is 1.46 bits per heavy atom. The molecule has 1 amide bonds. The Bertz CT molecular complexity index is 988. The number of aliphatic hydroxyl groups is 1. The van der Waals surface area contributed by atoms with Crippen LogP contribution in [0.4, 0.5) is 5.95 Å². The van der Waals surface area contributed by atoms with Gasteiger partial charge in [-0.3, -0.25) is 33.5 Å². The number of aromatic amines is 1. The predicted octanol–water partition coefficient (Wildman–Crippen LogP) is -1.15. The number of imidazole rings is 1. The van der Waals surface area contributed by atoms with Crippen LogP contribution in [0, 0.1) is 0 Å². The van der Waals surface area contributed by atoms with Gasteiger partial charge in [0, 0.05) is 6.92 Å². The van der Waals surface area contributed by atoms with Crippen LogP contribution < -0.4 is 10.9 Å². The summed E-state index contributed by atoms with van der Waals surface area (Å²) in [4.78, 5) is 43.3. The molecule has 2 unspecified atom stereocenters. The minimum atomic E-state index is -4.28. The van der Waals surface area contributed by atoms with Crippen molar-refractivity contribution in [3.05, 3.63) is 16.7 Å². The van der Waals surface area contributed by atoms with E-state index in [1.807, 2.05) is 0 Å². The van der Waals surface area contributed by atoms with E-state index in [-0.39, 0.29) is 17.1 Å². The van der Waals surface area contributed by atoms with Gasteiger partial charge >= 0.3 is 7.82 Å². The molecule has 140 valence electrons. The third-order valence-corrected chi connectivity index (χ3v) is 5.00. The molecule has 26 heavy (non-hydrogen) atoms. The van der Waals surface area contributed by atoms with E-state index in [1.54, 1.807) is 0 Å². The summed E-state index contributed by atoms with van der Waals surface area (Å²) in [7, 11) is -4.28. The second-order valence-electron chi connectivity index (χ2n) is 5.78. The third-order valence-electron chi connectivity index (χ3n) is 3.98. The predicted molar refractivity (Wildman–Crippen MR) is 83.0 cm³/mol. The van der Waals surface area contributed by atoms with Gasteiger partial charge in [0.25, 0.3) is 5.56 Å². The molecule has 0 radical (unpaired) electrons. The molecule has 2 aliphatic heterocycles. The number of phosphoric ester groups is 1. The van der Waals surface area contributed by atoms with Gasteiger partial charge in [-0.05, 0) is 0 Å². The number of fused-ring (bicyclic) bond motifs is 2. The number of H-pyrrole nitrogens is 1. The quantitative estimate of drug-likeness (QED) is 0.470. The molecule has 0 spiro atoms. The highest BCUT2D eigenvalue weighted by Crippen LogP contribution is 2.58. The zero-order valence-electron chi connectivity index (χ0n) is 13.2. The van der Waals surface area contributed by atoms with Crippen molar-refractivity contribution in [1.82, 2.24) is 19.5 Å². The Labute approximate surface area is 144 Å². The molecule has 14 heteroatoms. The Morgan fingerprint density at radius 3 is 2.88 bits per heavy atom. The van der Waals surface area contributed by atoms with Crippen molar-refractivity contribution in [2.45, 2.75) is 31.5 Å². The Morgan fingerprint density at radius 2 is 2.19 bits per heavy atom. The molecule has 2 saturated heterocycles. The zero-order valence-corrected chi connectivity index (χ0v) is 14.1. The molecule has 5 atom stereocenters. The molecule has 0 aliphatic carbocycles. The minimum absolute atomic E-state index is 0.0298. The van der Waals surface area contributed by atoms with Crippen LogP contribution in [0.2, 0.25) is 0 Å². The summed E-state index contributed by atoms with van der Waals surface area (Å²) in [6, 6.07) is 0. The largest absolute Gasteiger partial charge is 0.473 e. The van der Waals surface area contributed by atoms with Crippen LogP contribution in [0.1, 0.15) is 13.2 Å². The average Bonchev–Trinajstić information content (AvgIpc) is 3.17. The molecule has 0 saturated carbocycles. The van der Waals surface area contributed by atoms with Crippen molar-refractivity contribution in [2.24, 2.45) is 0 Å². The lowest BCUT2D eigenvalue weighted by atomic mass is 10.1. The molecule has 0 bridgehead atoms. The van der Waals surface area contributed by atoms with Gasteiger partial charge in [0.1, 0.15) is 18.3 Å². The van der Waals surface area contributed by atoms with E-state index in [9.17, 15) is 24.2 Å². The normalized spacial score (nSPS) is 33.5. The molecule has 2 aliphatic rings. The number of carbonyl (C=O) groups excluding carboxylic acids is 1. The van der Waals surface area contributed by atoms with Crippen LogP contribution in [-0.4, -0.2) is 60.3 Å². The number of hydrogen-bond acceptors (Lipinski definition) is 9. The summed E-state index contributed by atoms with van der Waals surface area (Å²) in [5.74, 6) is -0.536. The third kappa shape index (κ3) is 2.74. The van der Waals surface area contributed by atoms with Crippen LogP contribution in [0.3, 0.4) is 0 Å². The van der Waals surface area contributed by atoms with E-state index in [0.717, 1.165) is 0 Å². The molecule has 13 nitrogen and oxygen atoms in total. The second-order valence-corrected chi connectivity index (χ2v) is 7.13. The molecular weight excluding hydrogens is 373 g/mol. The first-order chi connectivity index (χ1) is 12.3. The monoisotopic (exact) mass is 387 g/mol. The highest BCUT2D eigenvalue weighted by Gasteiger charge is 2.57. The average molecular weight is 387 g/mol. The summed E-state index contributed by atoms with van der Waals surface area (Å²) >= 11 is 0. The molecule has 4 rings (SSSR count). The molecule has 2 fully saturated rings. The van der Waals surface area contributed by atoms with Crippen molar-refractivity contribution in [2.75, 3.05) is 11.9 Å². The summed E-state index contributed by atoms with van der Waals surface area (Å²) in [5, 5.41) is 11.8. The fourth-order valence-electron chi connectivity index (χ4n) is 2.99. The van der Waals surface area contributed by atoms with Crippen molar-refractivity contribution < 1.29 is 33.1 Å². The van der Waals surface area contributed by atoms with Gasteiger partial charge in [0.05, 0.1) is 12.9 Å². The number of anilines is 1. The van der Waals surface area contributed by atoms with E-state index < -0.39 is 50.4 Å². The fourth-order valence-corrected chi connectivity index (χ4v) is 4.13. The number of nitrogens with one attached hydrogen (secondary N) is 2. The Kier molecular flexibility index (Phi) is 3.95. The van der Waals surface area contributed by atoms with Gasteiger partial charge in [-0.1, -0.05) is 0 Å². The van der Waals surface area contributed by atoms with Crippen molar-refractivity contribution in [3.63, 3.8) is 0 Å². The summed E-state index contributed by atoms with van der Waals surface area (Å²) in [6.45, 7) is 0.777. The van der Waals surface area contributed by atoms with Crippen LogP contribution in [0.15, 0.2) is 11.1 Å². The number of amides is 1. The molecule has 2 aromatic rings. The van der Waals surface area contributed by atoms with Gasteiger partial charge in [-0.25, -0.2) is 9.55 Å². The van der Waals surface area contributed by atoms with Gasteiger partial charge in [-0.2, -0.15) is 4.98 Å². The van der Waals surface area contributed by atoms with Crippen LogP contribution >= 0.6 is 7.82 Å². The lowest BCUT2D eigenvalue weighted by Crippen LogP contribution is -2.30. The first-order valence-corrected chi connectivity index (χ1v) is 8.99. The summed E-state index contributed by atoms with van der Waals surface area (Å²) in [6.07, 6.45) is -2.69. The number of aliphatic hydroxyl groups excluding tert-OH is 1. The minimum Gasteiger partial charge on any atom is -0.394 e. The highest BCUT2D eigenvalue weighted by molar-refractivity contribution is 7.47. The lowest BCUT2D eigenvalue weighted by molar-refractivity contribution is -0.114. The van der Waals surface area contributed by atoms with Crippen LogP contribution in [0.25, 0.3) is 11.2 Å². The maximum Gasteiger partial charge on any atom is 0.473 e. The Hall–Kier alpha value is -2.15.